The predicted octanol–water partition coefficient (Wildman–Crippen LogP) is -0.170. The van der Waals surface area contributed by atoms with Gasteiger partial charge in [0.25, 0.3) is 5.89 Å². The van der Waals surface area contributed by atoms with Gasteiger partial charge >= 0.3 is 5.97 Å². The fourth-order valence-corrected chi connectivity index (χ4v) is 2.95. The summed E-state index contributed by atoms with van der Waals surface area (Å²) in [5, 5.41) is 13.1. The van der Waals surface area contributed by atoms with Crippen LogP contribution in [0.4, 0.5) is 0 Å². The van der Waals surface area contributed by atoms with Gasteiger partial charge in [0.15, 0.2) is 11.5 Å². The van der Waals surface area contributed by atoms with Gasteiger partial charge in [-0.05, 0) is 0 Å². The van der Waals surface area contributed by atoms with Crippen molar-refractivity contribution in [2.45, 2.75) is 6.04 Å². The van der Waals surface area contributed by atoms with Gasteiger partial charge in [0.1, 0.15) is 5.69 Å². The number of fused-ring (bicyclic) bond motifs is 3. The number of aromatic nitrogens is 4. The zero-order chi connectivity index (χ0) is 14.4. The van der Waals surface area contributed by atoms with E-state index in [1.54, 1.807) is 0 Å². The summed E-state index contributed by atoms with van der Waals surface area (Å²) in [4.78, 5) is 26.6. The lowest BCUT2D eigenvalue weighted by atomic mass is 10.1. The van der Waals surface area contributed by atoms with Crippen LogP contribution in [0, 0.1) is 0 Å². The first kappa shape index (κ1) is 12.5. The van der Waals surface area contributed by atoms with Gasteiger partial charge in [-0.15, -0.1) is 0 Å². The summed E-state index contributed by atoms with van der Waals surface area (Å²) in [7, 11) is 0. The third-order valence-corrected chi connectivity index (χ3v) is 4.07. The van der Waals surface area contributed by atoms with E-state index in [1.165, 1.54) is 6.33 Å². The number of H-pyrrole nitrogens is 1. The monoisotopic (exact) mass is 290 g/mol. The Hall–Kier alpha value is -2.26. The molecule has 9 heteroatoms. The van der Waals surface area contributed by atoms with Crippen molar-refractivity contribution in [1.82, 2.24) is 29.9 Å². The number of carboxylic acid groups (broad SMARTS) is 1. The van der Waals surface area contributed by atoms with E-state index in [-0.39, 0.29) is 23.3 Å². The minimum atomic E-state index is -1.13. The lowest BCUT2D eigenvalue weighted by Crippen LogP contribution is -2.57. The summed E-state index contributed by atoms with van der Waals surface area (Å²) in [5.74, 6) is -0.365. The largest absolute Gasteiger partial charge is 0.476 e. The maximum absolute atomic E-state index is 11.1. The molecular formula is C12H14N6O3. The van der Waals surface area contributed by atoms with E-state index in [0.29, 0.717) is 5.82 Å². The van der Waals surface area contributed by atoms with Crippen molar-refractivity contribution in [2.75, 3.05) is 32.7 Å². The Balaban J connectivity index is 1.64. The number of carbonyl (C=O) groups is 1. The minimum absolute atomic E-state index is 0.112. The van der Waals surface area contributed by atoms with Crippen LogP contribution < -0.4 is 0 Å². The summed E-state index contributed by atoms with van der Waals surface area (Å²) in [6, 6.07) is 0.112. The highest BCUT2D eigenvalue weighted by molar-refractivity contribution is 5.91. The van der Waals surface area contributed by atoms with Gasteiger partial charge in [-0.1, -0.05) is 5.16 Å². The van der Waals surface area contributed by atoms with Crippen LogP contribution >= 0.6 is 0 Å². The molecular weight excluding hydrogens is 276 g/mol. The molecule has 0 aromatic carbocycles. The summed E-state index contributed by atoms with van der Waals surface area (Å²) in [6.07, 6.45) is 1.31. The van der Waals surface area contributed by atoms with Crippen molar-refractivity contribution in [1.29, 1.82) is 0 Å². The molecule has 3 saturated heterocycles. The average molecular weight is 290 g/mol. The SMILES string of the molecule is O=C(O)c1nc[nH]c1-c1nc(C2CN3CCN2CC3)no1. The molecule has 2 aromatic rings. The highest BCUT2D eigenvalue weighted by Crippen LogP contribution is 2.28. The molecule has 3 aliphatic heterocycles. The van der Waals surface area contributed by atoms with Crippen LogP contribution in [-0.2, 0) is 0 Å². The molecule has 2 aromatic heterocycles. The van der Waals surface area contributed by atoms with Gasteiger partial charge in [0, 0.05) is 32.7 Å². The van der Waals surface area contributed by atoms with E-state index in [0.717, 1.165) is 32.7 Å². The van der Waals surface area contributed by atoms with E-state index in [4.69, 9.17) is 9.63 Å². The molecule has 110 valence electrons. The normalized spacial score (nSPS) is 27.9. The van der Waals surface area contributed by atoms with Gasteiger partial charge < -0.3 is 14.6 Å². The first-order valence-electron chi connectivity index (χ1n) is 6.79. The fraction of sp³-hybridized carbons (Fsp3) is 0.500. The minimum Gasteiger partial charge on any atom is -0.476 e. The van der Waals surface area contributed by atoms with Crippen molar-refractivity contribution in [3.8, 4) is 11.6 Å². The lowest BCUT2D eigenvalue weighted by Gasteiger charge is -2.46. The summed E-state index contributed by atoms with van der Waals surface area (Å²) >= 11 is 0. The van der Waals surface area contributed by atoms with Crippen molar-refractivity contribution in [2.24, 2.45) is 0 Å². The zero-order valence-corrected chi connectivity index (χ0v) is 11.2. The number of piperazine rings is 3. The van der Waals surface area contributed by atoms with Crippen LogP contribution in [0.5, 0.6) is 0 Å². The topological polar surface area (TPSA) is 111 Å². The Kier molecular flexibility index (Phi) is 2.76. The van der Waals surface area contributed by atoms with Gasteiger partial charge in [-0.3, -0.25) is 9.80 Å². The molecule has 9 nitrogen and oxygen atoms in total. The lowest BCUT2D eigenvalue weighted by molar-refractivity contribution is 0.00781. The molecule has 0 radical (unpaired) electrons. The van der Waals surface area contributed by atoms with Gasteiger partial charge in [-0.25, -0.2) is 9.78 Å². The maximum atomic E-state index is 11.1. The maximum Gasteiger partial charge on any atom is 0.356 e. The summed E-state index contributed by atoms with van der Waals surface area (Å²) in [5.41, 5.74) is 0.136. The third kappa shape index (κ3) is 2.01. The number of rotatable bonds is 3. The Labute approximate surface area is 119 Å². The van der Waals surface area contributed by atoms with E-state index in [2.05, 4.69) is 29.9 Å². The number of nitrogens with one attached hydrogen (secondary N) is 1. The van der Waals surface area contributed by atoms with Crippen molar-refractivity contribution < 1.29 is 14.4 Å². The zero-order valence-electron chi connectivity index (χ0n) is 11.2. The number of hydrogen-bond donors (Lipinski definition) is 2. The summed E-state index contributed by atoms with van der Waals surface area (Å²) < 4.78 is 5.22. The van der Waals surface area contributed by atoms with E-state index < -0.39 is 5.97 Å². The molecule has 1 atom stereocenters. The quantitative estimate of drug-likeness (QED) is 0.801. The number of carboxylic acids is 1. The number of aromatic amines is 1. The smallest absolute Gasteiger partial charge is 0.356 e. The van der Waals surface area contributed by atoms with Crippen molar-refractivity contribution in [3.63, 3.8) is 0 Å². The predicted molar refractivity (Wildman–Crippen MR) is 69.6 cm³/mol. The van der Waals surface area contributed by atoms with Crippen LogP contribution in [0.1, 0.15) is 22.4 Å². The standard InChI is InChI=1S/C12H14N6O3/c19-12(20)9-8(13-6-14-9)11-15-10(16-21-11)7-5-17-1-3-18(7)4-2-17/h6-7H,1-5H2,(H,13,14)(H,19,20). The fourth-order valence-electron chi connectivity index (χ4n) is 2.95. The van der Waals surface area contributed by atoms with E-state index in [1.807, 2.05) is 0 Å². The first-order chi connectivity index (χ1) is 10.2. The van der Waals surface area contributed by atoms with Crippen LogP contribution in [0.25, 0.3) is 11.6 Å². The molecule has 0 spiro atoms. The number of nitrogens with zero attached hydrogens (tertiary/aromatic N) is 5. The van der Waals surface area contributed by atoms with Gasteiger partial charge in [-0.2, -0.15) is 4.98 Å². The van der Waals surface area contributed by atoms with Crippen molar-refractivity contribution in [3.05, 3.63) is 17.8 Å². The first-order valence-corrected chi connectivity index (χ1v) is 6.79. The summed E-state index contributed by atoms with van der Waals surface area (Å²) in [6.45, 7) is 5.03. The molecule has 3 fully saturated rings. The van der Waals surface area contributed by atoms with Gasteiger partial charge in [0.05, 0.1) is 12.4 Å². The van der Waals surface area contributed by atoms with Crippen LogP contribution in [0.15, 0.2) is 10.9 Å². The third-order valence-electron chi connectivity index (χ3n) is 4.07. The number of aromatic carboxylic acids is 1. The highest BCUT2D eigenvalue weighted by atomic mass is 16.5. The molecule has 5 rings (SSSR count). The van der Waals surface area contributed by atoms with Gasteiger partial charge in [0.2, 0.25) is 0 Å². The molecule has 21 heavy (non-hydrogen) atoms. The second-order valence-electron chi connectivity index (χ2n) is 5.24. The number of imidazole rings is 1. The van der Waals surface area contributed by atoms with Crippen LogP contribution in [-0.4, -0.2) is 73.7 Å². The van der Waals surface area contributed by atoms with Crippen LogP contribution in [0.2, 0.25) is 0 Å². The average Bonchev–Trinajstić information content (AvgIpc) is 3.17. The number of hydrogen-bond acceptors (Lipinski definition) is 7. The Morgan fingerprint density at radius 1 is 1.38 bits per heavy atom. The second kappa shape index (κ2) is 4.64. The molecule has 1 unspecified atom stereocenters. The molecule has 2 bridgehead atoms. The molecule has 0 saturated carbocycles. The van der Waals surface area contributed by atoms with E-state index in [9.17, 15) is 4.79 Å². The Bertz CT molecular complexity index is 672. The van der Waals surface area contributed by atoms with Crippen LogP contribution in [0.3, 0.4) is 0 Å². The Morgan fingerprint density at radius 3 is 2.86 bits per heavy atom. The molecule has 2 N–H and O–H groups in total. The molecule has 3 aliphatic rings. The van der Waals surface area contributed by atoms with E-state index >= 15 is 0 Å². The molecule has 0 aliphatic carbocycles. The second-order valence-corrected chi connectivity index (χ2v) is 5.24. The highest BCUT2D eigenvalue weighted by Gasteiger charge is 2.36. The molecule has 0 amide bonds. The van der Waals surface area contributed by atoms with Crippen molar-refractivity contribution >= 4 is 5.97 Å². The molecule has 5 heterocycles. The Morgan fingerprint density at radius 2 is 2.19 bits per heavy atom.